The van der Waals surface area contributed by atoms with Crippen molar-refractivity contribution >= 4 is 46.4 Å². The predicted octanol–water partition coefficient (Wildman–Crippen LogP) is 3.66. The number of nitrogens with zero attached hydrogens (tertiary/aromatic N) is 3. The van der Waals surface area contributed by atoms with E-state index in [-0.39, 0.29) is 30.1 Å². The third kappa shape index (κ3) is 8.44. The topological polar surface area (TPSA) is 61.8 Å². The molecule has 1 aromatic heterocycles. The van der Waals surface area contributed by atoms with Crippen molar-refractivity contribution < 1.29 is 4.74 Å². The van der Waals surface area contributed by atoms with E-state index >= 15 is 0 Å². The van der Waals surface area contributed by atoms with E-state index in [2.05, 4.69) is 45.0 Å². The van der Waals surface area contributed by atoms with E-state index in [1.807, 2.05) is 37.2 Å². The van der Waals surface area contributed by atoms with Crippen LogP contribution in [0.3, 0.4) is 0 Å². The molecule has 0 aliphatic rings. The van der Waals surface area contributed by atoms with Crippen LogP contribution in [0.4, 0.5) is 5.13 Å². The van der Waals surface area contributed by atoms with Crippen molar-refractivity contribution in [2.75, 3.05) is 39.2 Å². The highest BCUT2D eigenvalue weighted by molar-refractivity contribution is 14.0. The van der Waals surface area contributed by atoms with Crippen molar-refractivity contribution in [3.05, 3.63) is 47.0 Å². The summed E-state index contributed by atoms with van der Waals surface area (Å²) < 4.78 is 5.88. The summed E-state index contributed by atoms with van der Waals surface area (Å²) in [7, 11) is 5.77. The minimum Gasteiger partial charge on any atom is -0.374 e. The molecular formula is C19H30IN5OS. The van der Waals surface area contributed by atoms with Gasteiger partial charge in [-0.1, -0.05) is 30.3 Å². The van der Waals surface area contributed by atoms with Crippen molar-refractivity contribution in [2.24, 2.45) is 4.99 Å². The average Bonchev–Trinajstić information content (AvgIpc) is 3.14. The van der Waals surface area contributed by atoms with Gasteiger partial charge in [-0.25, -0.2) is 4.98 Å². The van der Waals surface area contributed by atoms with E-state index in [9.17, 15) is 0 Å². The SMILES string of the molecule is CN=C(NCCCOC(C)c1ccccc1)NCc1csc(N(C)C)n1.I. The van der Waals surface area contributed by atoms with E-state index in [1.54, 1.807) is 18.4 Å². The molecule has 1 aromatic carbocycles. The van der Waals surface area contributed by atoms with Crippen LogP contribution in [0.1, 0.15) is 30.7 Å². The number of rotatable bonds is 9. The van der Waals surface area contributed by atoms with Gasteiger partial charge >= 0.3 is 0 Å². The zero-order valence-corrected chi connectivity index (χ0v) is 19.6. The Morgan fingerprint density at radius 3 is 2.63 bits per heavy atom. The first-order valence-electron chi connectivity index (χ1n) is 8.83. The smallest absolute Gasteiger partial charge is 0.191 e. The Bertz CT molecular complexity index is 678. The molecule has 8 heteroatoms. The fourth-order valence-electron chi connectivity index (χ4n) is 2.34. The highest BCUT2D eigenvalue weighted by atomic mass is 127. The van der Waals surface area contributed by atoms with Crippen molar-refractivity contribution in [3.63, 3.8) is 0 Å². The molecule has 0 saturated heterocycles. The van der Waals surface area contributed by atoms with Gasteiger partial charge in [-0.2, -0.15) is 0 Å². The summed E-state index contributed by atoms with van der Waals surface area (Å²) in [5, 5.41) is 9.67. The highest BCUT2D eigenvalue weighted by Crippen LogP contribution is 2.17. The van der Waals surface area contributed by atoms with Gasteiger partial charge in [0.25, 0.3) is 0 Å². The van der Waals surface area contributed by atoms with Gasteiger partial charge in [-0.3, -0.25) is 4.99 Å². The molecule has 0 aliphatic carbocycles. The number of hydrogen-bond donors (Lipinski definition) is 2. The van der Waals surface area contributed by atoms with E-state index in [0.29, 0.717) is 13.2 Å². The standard InChI is InChI=1S/C19H29N5OS.HI/c1-15(16-9-6-5-7-10-16)25-12-8-11-21-18(20-2)22-13-17-14-26-19(23-17)24(3)4;/h5-7,9-10,14-15H,8,11-13H2,1-4H3,(H2,20,21,22);1H. The van der Waals surface area contributed by atoms with Crippen LogP contribution in [0, 0.1) is 0 Å². The van der Waals surface area contributed by atoms with Gasteiger partial charge in [0.05, 0.1) is 18.3 Å². The van der Waals surface area contributed by atoms with Crippen LogP contribution in [0.15, 0.2) is 40.7 Å². The van der Waals surface area contributed by atoms with Gasteiger partial charge in [0.1, 0.15) is 0 Å². The first-order valence-corrected chi connectivity index (χ1v) is 9.71. The molecule has 0 spiro atoms. The van der Waals surface area contributed by atoms with E-state index in [1.165, 1.54) is 5.56 Å². The Hall–Kier alpha value is -1.39. The number of nitrogens with one attached hydrogen (secondary N) is 2. The molecule has 1 heterocycles. The molecule has 6 nitrogen and oxygen atoms in total. The first kappa shape index (κ1) is 23.6. The summed E-state index contributed by atoms with van der Waals surface area (Å²) in [6.45, 7) is 4.25. The Morgan fingerprint density at radius 2 is 2.00 bits per heavy atom. The average molecular weight is 503 g/mol. The molecule has 0 bridgehead atoms. The van der Waals surface area contributed by atoms with Crippen molar-refractivity contribution in [1.82, 2.24) is 15.6 Å². The largest absolute Gasteiger partial charge is 0.374 e. The van der Waals surface area contributed by atoms with Gasteiger partial charge in [0.15, 0.2) is 11.1 Å². The fourth-order valence-corrected chi connectivity index (χ4v) is 3.10. The number of ether oxygens (including phenoxy) is 1. The predicted molar refractivity (Wildman–Crippen MR) is 125 cm³/mol. The van der Waals surface area contributed by atoms with Crippen LogP contribution < -0.4 is 15.5 Å². The molecule has 27 heavy (non-hydrogen) atoms. The maximum atomic E-state index is 5.88. The van der Waals surface area contributed by atoms with Crippen LogP contribution >= 0.6 is 35.3 Å². The monoisotopic (exact) mass is 503 g/mol. The lowest BCUT2D eigenvalue weighted by molar-refractivity contribution is 0.0646. The van der Waals surface area contributed by atoms with Crippen LogP contribution in [-0.4, -0.2) is 45.2 Å². The lowest BCUT2D eigenvalue weighted by Gasteiger charge is -2.14. The Kier molecular flexibility index (Phi) is 11.3. The summed E-state index contributed by atoms with van der Waals surface area (Å²) in [6, 6.07) is 10.3. The maximum Gasteiger partial charge on any atom is 0.191 e. The second-order valence-corrected chi connectivity index (χ2v) is 6.98. The summed E-state index contributed by atoms with van der Waals surface area (Å²) in [5.74, 6) is 0.778. The summed E-state index contributed by atoms with van der Waals surface area (Å²) >= 11 is 1.64. The first-order chi connectivity index (χ1) is 12.6. The normalized spacial score (nSPS) is 12.2. The molecule has 2 N–H and O–H groups in total. The van der Waals surface area contributed by atoms with Gasteiger partial charge in [-0.05, 0) is 18.9 Å². The quantitative estimate of drug-likeness (QED) is 0.237. The molecule has 2 aromatic rings. The number of anilines is 1. The summed E-state index contributed by atoms with van der Waals surface area (Å²) in [4.78, 5) is 10.8. The minimum atomic E-state index is 0. The third-order valence-corrected chi connectivity index (χ3v) is 4.89. The van der Waals surface area contributed by atoms with Gasteiger partial charge < -0.3 is 20.3 Å². The summed E-state index contributed by atoms with van der Waals surface area (Å²) in [6.07, 6.45) is 1.03. The lowest BCUT2D eigenvalue weighted by atomic mass is 10.1. The van der Waals surface area contributed by atoms with Crippen molar-refractivity contribution in [1.29, 1.82) is 0 Å². The zero-order valence-electron chi connectivity index (χ0n) is 16.4. The molecule has 1 unspecified atom stereocenters. The zero-order chi connectivity index (χ0) is 18.8. The minimum absolute atomic E-state index is 0. The number of thiazole rings is 1. The maximum absolute atomic E-state index is 5.88. The van der Waals surface area contributed by atoms with Gasteiger partial charge in [0, 0.05) is 39.7 Å². The second kappa shape index (κ2) is 12.9. The molecule has 0 saturated carbocycles. The molecule has 1 atom stereocenters. The third-order valence-electron chi connectivity index (χ3n) is 3.83. The lowest BCUT2D eigenvalue weighted by Crippen LogP contribution is -2.37. The van der Waals surface area contributed by atoms with E-state index in [0.717, 1.165) is 29.8 Å². The molecule has 150 valence electrons. The molecule has 0 aliphatic heterocycles. The number of hydrogen-bond acceptors (Lipinski definition) is 5. The van der Waals surface area contributed by atoms with E-state index < -0.39 is 0 Å². The number of guanidine groups is 1. The summed E-state index contributed by atoms with van der Waals surface area (Å²) in [5.41, 5.74) is 2.22. The van der Waals surface area contributed by atoms with E-state index in [4.69, 9.17) is 4.74 Å². The molecule has 2 rings (SSSR count). The Labute approximate surface area is 183 Å². The number of halogens is 1. The van der Waals surface area contributed by atoms with Gasteiger partial charge in [-0.15, -0.1) is 35.3 Å². The second-order valence-electron chi connectivity index (χ2n) is 6.15. The number of aromatic nitrogens is 1. The van der Waals surface area contributed by atoms with Crippen LogP contribution in [0.25, 0.3) is 0 Å². The van der Waals surface area contributed by atoms with Crippen molar-refractivity contribution in [2.45, 2.75) is 26.0 Å². The molecular weight excluding hydrogens is 473 g/mol. The fraction of sp³-hybridized carbons (Fsp3) is 0.474. The molecule has 0 amide bonds. The van der Waals surface area contributed by atoms with Crippen LogP contribution in [0.2, 0.25) is 0 Å². The molecule has 0 radical (unpaired) electrons. The molecule has 0 fully saturated rings. The van der Waals surface area contributed by atoms with Crippen molar-refractivity contribution in [3.8, 4) is 0 Å². The number of aliphatic imine (C=N–C) groups is 1. The van der Waals surface area contributed by atoms with Gasteiger partial charge in [0.2, 0.25) is 0 Å². The Balaban J connectivity index is 0.00000364. The highest BCUT2D eigenvalue weighted by Gasteiger charge is 2.06. The number of benzene rings is 1. The Morgan fingerprint density at radius 1 is 1.26 bits per heavy atom. The van der Waals surface area contributed by atoms with Crippen LogP contribution in [0.5, 0.6) is 0 Å². The van der Waals surface area contributed by atoms with Crippen LogP contribution in [-0.2, 0) is 11.3 Å².